The average molecular weight is 389 g/mol. The molecule has 0 aliphatic carbocycles. The van der Waals surface area contributed by atoms with E-state index in [1.54, 1.807) is 24.3 Å². The second-order valence-electron chi connectivity index (χ2n) is 6.75. The van der Waals surface area contributed by atoms with Crippen molar-refractivity contribution in [1.29, 1.82) is 5.26 Å². The van der Waals surface area contributed by atoms with E-state index >= 15 is 0 Å². The van der Waals surface area contributed by atoms with Crippen molar-refractivity contribution in [1.82, 2.24) is 9.80 Å². The van der Waals surface area contributed by atoms with Gasteiger partial charge < -0.3 is 10.0 Å². The molecule has 2 unspecified atom stereocenters. The molecule has 1 saturated heterocycles. The zero-order valence-electron chi connectivity index (χ0n) is 15.6. The number of carbonyl (C=O) groups excluding carboxylic acids is 2. The van der Waals surface area contributed by atoms with Crippen LogP contribution in [0.4, 0.5) is 4.79 Å². The molecular weight excluding hydrogens is 366 g/mol. The van der Waals surface area contributed by atoms with Gasteiger partial charge in [0.25, 0.3) is 5.91 Å². The fourth-order valence-corrected chi connectivity index (χ4v) is 3.66. The minimum Gasteiger partial charge on any atom is -0.480 e. The van der Waals surface area contributed by atoms with Gasteiger partial charge in [0.15, 0.2) is 0 Å². The number of nitrogens with zero attached hydrogens (tertiary/aromatic N) is 3. The van der Waals surface area contributed by atoms with E-state index in [1.165, 1.54) is 16.7 Å². The number of carbonyl (C=O) groups is 3. The Bertz CT molecular complexity index is 757. The van der Waals surface area contributed by atoms with E-state index in [2.05, 4.69) is 0 Å². The van der Waals surface area contributed by atoms with Crippen molar-refractivity contribution in [3.63, 3.8) is 0 Å². The van der Waals surface area contributed by atoms with Crippen molar-refractivity contribution >= 4 is 29.7 Å². The van der Waals surface area contributed by atoms with Crippen LogP contribution in [0.2, 0.25) is 0 Å². The molecule has 2 rings (SSSR count). The van der Waals surface area contributed by atoms with Crippen molar-refractivity contribution in [2.45, 2.75) is 38.9 Å². The minimum atomic E-state index is -1.17. The quantitative estimate of drug-likeness (QED) is 0.686. The third-order valence-corrected chi connectivity index (χ3v) is 5.18. The molecule has 0 spiro atoms. The van der Waals surface area contributed by atoms with Gasteiger partial charge >= 0.3 is 12.0 Å². The molecular formula is C19H23N3O4S. The van der Waals surface area contributed by atoms with E-state index in [9.17, 15) is 19.5 Å². The summed E-state index contributed by atoms with van der Waals surface area (Å²) in [5, 5.41) is 18.4. The lowest BCUT2D eigenvalue weighted by atomic mass is 10.0. The van der Waals surface area contributed by atoms with Crippen LogP contribution in [0.5, 0.6) is 0 Å². The number of hydrogen-bond acceptors (Lipinski definition) is 5. The molecule has 1 heterocycles. The first-order chi connectivity index (χ1) is 12.8. The van der Waals surface area contributed by atoms with Crippen LogP contribution in [0.1, 0.15) is 31.4 Å². The average Bonchev–Trinajstić information content (AvgIpc) is 2.87. The number of urea groups is 1. The van der Waals surface area contributed by atoms with Gasteiger partial charge in [0, 0.05) is 6.54 Å². The highest BCUT2D eigenvalue weighted by atomic mass is 32.2. The normalized spacial score (nSPS) is 18.1. The monoisotopic (exact) mass is 389 g/mol. The summed E-state index contributed by atoms with van der Waals surface area (Å²) in [5.41, 5.74) is 1.28. The van der Waals surface area contributed by atoms with Crippen LogP contribution in [0.15, 0.2) is 24.3 Å². The number of thioether (sulfide) groups is 1. The third kappa shape index (κ3) is 4.42. The van der Waals surface area contributed by atoms with Crippen LogP contribution < -0.4 is 0 Å². The minimum absolute atomic E-state index is 0.153. The van der Waals surface area contributed by atoms with E-state index in [0.29, 0.717) is 11.3 Å². The van der Waals surface area contributed by atoms with E-state index < -0.39 is 30.0 Å². The summed E-state index contributed by atoms with van der Waals surface area (Å²) < 4.78 is 0. The largest absolute Gasteiger partial charge is 0.480 e. The molecule has 0 saturated carbocycles. The summed E-state index contributed by atoms with van der Waals surface area (Å²) in [4.78, 5) is 39.9. The van der Waals surface area contributed by atoms with Gasteiger partial charge in [0.1, 0.15) is 12.1 Å². The molecule has 144 valence electrons. The van der Waals surface area contributed by atoms with Crippen molar-refractivity contribution < 1.29 is 19.5 Å². The first-order valence-corrected chi connectivity index (χ1v) is 10.1. The first-order valence-electron chi connectivity index (χ1n) is 8.66. The number of amides is 3. The highest BCUT2D eigenvalue weighted by molar-refractivity contribution is 7.98. The Hall–Kier alpha value is -2.53. The zero-order chi connectivity index (χ0) is 20.1. The SMILES string of the molecule is CSCCC(C(=O)O)N1C(=O)C(C(C)C)N(Cc2ccc(C#N)cc2)C1=O. The molecule has 7 nitrogen and oxygen atoms in total. The Morgan fingerprint density at radius 2 is 1.93 bits per heavy atom. The Morgan fingerprint density at radius 3 is 2.41 bits per heavy atom. The van der Waals surface area contributed by atoms with E-state index in [0.717, 1.165) is 10.5 Å². The molecule has 2 atom stereocenters. The van der Waals surface area contributed by atoms with Crippen LogP contribution in [0, 0.1) is 17.2 Å². The van der Waals surface area contributed by atoms with Crippen LogP contribution in [0.25, 0.3) is 0 Å². The predicted molar refractivity (Wildman–Crippen MR) is 102 cm³/mol. The number of nitriles is 1. The summed E-state index contributed by atoms with van der Waals surface area (Å²) in [6.07, 6.45) is 2.06. The number of carboxylic acids is 1. The second-order valence-corrected chi connectivity index (χ2v) is 7.74. The Kier molecular flexibility index (Phi) is 6.86. The van der Waals surface area contributed by atoms with Gasteiger partial charge in [-0.05, 0) is 42.0 Å². The van der Waals surface area contributed by atoms with Crippen LogP contribution in [-0.2, 0) is 16.1 Å². The molecule has 0 radical (unpaired) electrons. The van der Waals surface area contributed by atoms with E-state index in [4.69, 9.17) is 5.26 Å². The molecule has 0 aromatic heterocycles. The lowest BCUT2D eigenvalue weighted by Crippen LogP contribution is -2.46. The fraction of sp³-hybridized carbons (Fsp3) is 0.474. The van der Waals surface area contributed by atoms with Crippen molar-refractivity contribution in [3.05, 3.63) is 35.4 Å². The molecule has 1 N–H and O–H groups in total. The van der Waals surface area contributed by atoms with Crippen LogP contribution >= 0.6 is 11.8 Å². The number of aliphatic carboxylic acids is 1. The zero-order valence-corrected chi connectivity index (χ0v) is 16.4. The van der Waals surface area contributed by atoms with E-state index in [-0.39, 0.29) is 18.9 Å². The number of hydrogen-bond donors (Lipinski definition) is 1. The van der Waals surface area contributed by atoms with E-state index in [1.807, 2.05) is 26.2 Å². The third-order valence-electron chi connectivity index (χ3n) is 4.54. The molecule has 0 bridgehead atoms. The smallest absolute Gasteiger partial charge is 0.328 e. The maximum absolute atomic E-state index is 13.0. The Balaban J connectivity index is 2.32. The van der Waals surface area contributed by atoms with Crippen molar-refractivity contribution in [2.24, 2.45) is 5.92 Å². The highest BCUT2D eigenvalue weighted by Crippen LogP contribution is 2.28. The second kappa shape index (κ2) is 8.91. The molecule has 27 heavy (non-hydrogen) atoms. The molecule has 1 aliphatic heterocycles. The number of imide groups is 1. The molecule has 1 aromatic carbocycles. The first kappa shape index (κ1) is 20.8. The predicted octanol–water partition coefficient (Wildman–Crippen LogP) is 2.55. The maximum Gasteiger partial charge on any atom is 0.328 e. The molecule has 3 amide bonds. The molecule has 1 fully saturated rings. The Labute approximate surface area is 162 Å². The van der Waals surface area contributed by atoms with Gasteiger partial charge in [-0.15, -0.1) is 0 Å². The van der Waals surface area contributed by atoms with Gasteiger partial charge in [-0.25, -0.2) is 14.5 Å². The lowest BCUT2D eigenvalue weighted by Gasteiger charge is -2.24. The number of rotatable bonds is 8. The molecule has 8 heteroatoms. The van der Waals surface area contributed by atoms with Gasteiger partial charge in [-0.1, -0.05) is 26.0 Å². The van der Waals surface area contributed by atoms with Crippen LogP contribution in [0.3, 0.4) is 0 Å². The number of carboxylic acid groups (broad SMARTS) is 1. The summed E-state index contributed by atoms with van der Waals surface area (Å²) in [6.45, 7) is 3.86. The Morgan fingerprint density at radius 1 is 1.30 bits per heavy atom. The standard InChI is InChI=1S/C19H23N3O4S/c1-12(2)16-17(23)22(15(18(24)25)8-9-27-3)19(26)21(16)11-14-6-4-13(10-20)5-7-14/h4-7,12,15-16H,8-9,11H2,1-3H3,(H,24,25). The van der Waals surface area contributed by atoms with Crippen molar-refractivity contribution in [2.75, 3.05) is 12.0 Å². The topological polar surface area (TPSA) is 102 Å². The fourth-order valence-electron chi connectivity index (χ4n) is 3.20. The molecule has 1 aliphatic rings. The summed E-state index contributed by atoms with van der Waals surface area (Å²) >= 11 is 1.47. The maximum atomic E-state index is 13.0. The van der Waals surface area contributed by atoms with Gasteiger partial charge in [-0.3, -0.25) is 4.79 Å². The summed E-state index contributed by atoms with van der Waals surface area (Å²) in [5.74, 6) is -1.25. The van der Waals surface area contributed by atoms with Gasteiger partial charge in [-0.2, -0.15) is 17.0 Å². The summed E-state index contributed by atoms with van der Waals surface area (Å²) in [7, 11) is 0. The summed E-state index contributed by atoms with van der Waals surface area (Å²) in [6, 6.07) is 6.37. The van der Waals surface area contributed by atoms with Gasteiger partial charge in [0.05, 0.1) is 11.6 Å². The highest BCUT2D eigenvalue weighted by Gasteiger charge is 2.50. The number of benzene rings is 1. The van der Waals surface area contributed by atoms with Crippen LogP contribution in [-0.4, -0.2) is 56.9 Å². The van der Waals surface area contributed by atoms with Crippen molar-refractivity contribution in [3.8, 4) is 6.07 Å². The molecule has 1 aromatic rings. The van der Waals surface area contributed by atoms with Gasteiger partial charge in [0.2, 0.25) is 0 Å². The lowest BCUT2D eigenvalue weighted by molar-refractivity contribution is -0.147.